The van der Waals surface area contributed by atoms with E-state index < -0.39 is 36.1 Å². The Labute approximate surface area is 233 Å². The van der Waals surface area contributed by atoms with E-state index in [4.69, 9.17) is 42.1 Å². The lowest BCUT2D eigenvalue weighted by atomic mass is 10.0. The fraction of sp³-hybridized carbons (Fsp3) is 0.481. The molecule has 0 radical (unpaired) electrons. The average Bonchev–Trinajstić information content (AvgIpc) is 2.82. The number of nitrogens with zero attached hydrogens (tertiary/aromatic N) is 1. The number of rotatable bonds is 12. The second-order valence-corrected chi connectivity index (χ2v) is 10.3. The number of carbonyl (C=O) groups excluding carboxylic acids is 3. The molecule has 0 aliphatic carbocycles. The number of pyridine rings is 1. The van der Waals surface area contributed by atoms with Gasteiger partial charge in [-0.3, -0.25) is 9.59 Å². The van der Waals surface area contributed by atoms with Crippen molar-refractivity contribution in [1.29, 1.82) is 0 Å². The Bertz CT molecular complexity index is 1140. The van der Waals surface area contributed by atoms with Gasteiger partial charge < -0.3 is 24.3 Å². The van der Waals surface area contributed by atoms with Crippen molar-refractivity contribution >= 4 is 41.0 Å². The number of aromatic nitrogens is 1. The van der Waals surface area contributed by atoms with E-state index in [2.05, 4.69) is 10.3 Å². The minimum absolute atomic E-state index is 0.0411. The lowest BCUT2D eigenvalue weighted by molar-refractivity contribution is -0.156. The molecule has 3 atom stereocenters. The zero-order valence-electron chi connectivity index (χ0n) is 22.5. The summed E-state index contributed by atoms with van der Waals surface area (Å²) in [6.45, 7) is 10.6. The summed E-state index contributed by atoms with van der Waals surface area (Å²) in [5.41, 5.74) is -0.199. The van der Waals surface area contributed by atoms with Gasteiger partial charge in [0.1, 0.15) is 24.0 Å². The molecule has 38 heavy (non-hydrogen) atoms. The largest absolute Gasteiger partial charge is 0.493 e. The molecule has 0 aliphatic rings. The van der Waals surface area contributed by atoms with Crippen LogP contribution in [0.5, 0.6) is 17.2 Å². The summed E-state index contributed by atoms with van der Waals surface area (Å²) < 4.78 is 22.2. The zero-order valence-corrected chi connectivity index (χ0v) is 24.1. The second-order valence-electron chi connectivity index (χ2n) is 9.48. The molecule has 1 N–H and O–H groups in total. The first-order valence-electron chi connectivity index (χ1n) is 12.2. The molecule has 0 saturated heterocycles. The van der Waals surface area contributed by atoms with Crippen LogP contribution in [-0.2, 0) is 14.3 Å². The first kappa shape index (κ1) is 31.2. The Kier molecular flexibility index (Phi) is 11.7. The molecule has 0 saturated carbocycles. The fourth-order valence-corrected chi connectivity index (χ4v) is 4.18. The fourth-order valence-electron chi connectivity index (χ4n) is 3.73. The number of amides is 1. The number of hydrogen-bond donors (Lipinski definition) is 1. The number of nitrogens with one attached hydrogen (secondary N) is 1. The molecule has 1 aromatic carbocycles. The van der Waals surface area contributed by atoms with E-state index in [1.54, 1.807) is 25.1 Å². The van der Waals surface area contributed by atoms with E-state index in [1.165, 1.54) is 26.3 Å². The molecule has 1 aromatic heterocycles. The van der Waals surface area contributed by atoms with Crippen molar-refractivity contribution in [1.82, 2.24) is 10.3 Å². The Morgan fingerprint density at radius 1 is 1.03 bits per heavy atom. The van der Waals surface area contributed by atoms with Crippen LogP contribution in [0.3, 0.4) is 0 Å². The SMILES string of the molecule is COc1ccnc(C(=O)N[C@@H](CC(C)C)C(=O)O[C@@H](C)[C@H](Oc2ccc(Cl)cc2Cl)C(C)C)c1OC(C)=O. The normalized spacial score (nSPS) is 13.4. The van der Waals surface area contributed by atoms with Crippen molar-refractivity contribution in [2.24, 2.45) is 11.8 Å². The van der Waals surface area contributed by atoms with E-state index in [0.717, 1.165) is 0 Å². The minimum atomic E-state index is -1.00. The van der Waals surface area contributed by atoms with Crippen molar-refractivity contribution in [3.8, 4) is 17.2 Å². The maximum atomic E-state index is 13.3. The van der Waals surface area contributed by atoms with E-state index in [0.29, 0.717) is 22.2 Å². The van der Waals surface area contributed by atoms with Crippen molar-refractivity contribution < 1.29 is 33.3 Å². The summed E-state index contributed by atoms with van der Waals surface area (Å²) in [6, 6.07) is 5.32. The van der Waals surface area contributed by atoms with Gasteiger partial charge in [0.25, 0.3) is 5.91 Å². The Balaban J connectivity index is 2.24. The molecule has 11 heteroatoms. The van der Waals surface area contributed by atoms with Gasteiger partial charge in [-0.15, -0.1) is 0 Å². The van der Waals surface area contributed by atoms with Gasteiger partial charge in [-0.25, -0.2) is 9.78 Å². The number of esters is 2. The Hall–Kier alpha value is -3.04. The molecule has 9 nitrogen and oxygen atoms in total. The van der Waals surface area contributed by atoms with Gasteiger partial charge in [0, 0.05) is 24.2 Å². The van der Waals surface area contributed by atoms with E-state index in [9.17, 15) is 14.4 Å². The summed E-state index contributed by atoms with van der Waals surface area (Å²) in [5.74, 6) is -1.61. The van der Waals surface area contributed by atoms with Crippen LogP contribution in [0.25, 0.3) is 0 Å². The average molecular weight is 569 g/mol. The third-order valence-electron chi connectivity index (χ3n) is 5.42. The van der Waals surface area contributed by atoms with Gasteiger partial charge in [0.05, 0.1) is 12.1 Å². The van der Waals surface area contributed by atoms with Crippen LogP contribution < -0.4 is 19.5 Å². The summed E-state index contributed by atoms with van der Waals surface area (Å²) >= 11 is 12.2. The Morgan fingerprint density at radius 2 is 1.71 bits per heavy atom. The topological polar surface area (TPSA) is 113 Å². The first-order chi connectivity index (χ1) is 17.8. The van der Waals surface area contributed by atoms with Crippen molar-refractivity contribution in [2.75, 3.05) is 7.11 Å². The van der Waals surface area contributed by atoms with E-state index >= 15 is 0 Å². The number of carbonyl (C=O) groups is 3. The molecule has 208 valence electrons. The standard InChI is InChI=1S/C27H34Cl2N2O7/c1-14(2)12-20(31-26(33)23-25(37-17(6)32)22(35-7)10-11-30-23)27(34)36-16(5)24(15(3)4)38-21-9-8-18(28)13-19(21)29/h8-11,13-16,20,24H,12H2,1-7H3,(H,31,33)/t16-,20-,24+/m0/s1. The highest BCUT2D eigenvalue weighted by Gasteiger charge is 2.32. The predicted octanol–water partition coefficient (Wildman–Crippen LogP) is 5.50. The van der Waals surface area contributed by atoms with Crippen LogP contribution in [-0.4, -0.2) is 48.2 Å². The summed E-state index contributed by atoms with van der Waals surface area (Å²) in [4.78, 5) is 42.1. The van der Waals surface area contributed by atoms with Gasteiger partial charge in [0.2, 0.25) is 5.75 Å². The maximum absolute atomic E-state index is 13.3. The highest BCUT2D eigenvalue weighted by Crippen LogP contribution is 2.31. The predicted molar refractivity (Wildman–Crippen MR) is 144 cm³/mol. The van der Waals surface area contributed by atoms with Crippen LogP contribution in [0.4, 0.5) is 0 Å². The number of methoxy groups -OCH3 is 1. The molecular weight excluding hydrogens is 535 g/mol. The maximum Gasteiger partial charge on any atom is 0.329 e. The summed E-state index contributed by atoms with van der Waals surface area (Å²) in [7, 11) is 1.37. The van der Waals surface area contributed by atoms with Gasteiger partial charge in [-0.1, -0.05) is 50.9 Å². The molecule has 0 spiro atoms. The van der Waals surface area contributed by atoms with Crippen molar-refractivity contribution in [3.05, 3.63) is 46.2 Å². The number of hydrogen-bond acceptors (Lipinski definition) is 8. The molecule has 2 rings (SSSR count). The lowest BCUT2D eigenvalue weighted by Crippen LogP contribution is -2.46. The molecule has 2 aromatic rings. The van der Waals surface area contributed by atoms with E-state index in [-0.39, 0.29) is 29.0 Å². The van der Waals surface area contributed by atoms with Crippen LogP contribution in [0.15, 0.2) is 30.5 Å². The van der Waals surface area contributed by atoms with Crippen LogP contribution in [0.2, 0.25) is 10.0 Å². The highest BCUT2D eigenvalue weighted by molar-refractivity contribution is 6.35. The molecule has 0 bridgehead atoms. The molecule has 1 amide bonds. The van der Waals surface area contributed by atoms with Crippen LogP contribution >= 0.6 is 23.2 Å². The number of halogens is 2. The van der Waals surface area contributed by atoms with Crippen LogP contribution in [0, 0.1) is 11.8 Å². The van der Waals surface area contributed by atoms with Gasteiger partial charge >= 0.3 is 11.9 Å². The summed E-state index contributed by atoms with van der Waals surface area (Å²) in [6.07, 6.45) is 0.404. The first-order valence-corrected chi connectivity index (χ1v) is 12.9. The molecule has 0 aliphatic heterocycles. The molecule has 1 heterocycles. The monoisotopic (exact) mass is 568 g/mol. The Morgan fingerprint density at radius 3 is 2.26 bits per heavy atom. The lowest BCUT2D eigenvalue weighted by Gasteiger charge is -2.30. The smallest absolute Gasteiger partial charge is 0.329 e. The van der Waals surface area contributed by atoms with Gasteiger partial charge in [-0.05, 0) is 43.4 Å². The summed E-state index contributed by atoms with van der Waals surface area (Å²) in [5, 5.41) is 3.47. The minimum Gasteiger partial charge on any atom is -0.493 e. The number of ether oxygens (including phenoxy) is 4. The molecular formula is C27H34Cl2N2O7. The second kappa shape index (κ2) is 14.2. The molecule has 0 unspecified atom stereocenters. The van der Waals surface area contributed by atoms with E-state index in [1.807, 2.05) is 27.7 Å². The quantitative estimate of drug-likeness (QED) is 0.334. The van der Waals surface area contributed by atoms with Gasteiger partial charge in [-0.2, -0.15) is 0 Å². The van der Waals surface area contributed by atoms with Gasteiger partial charge in [0.15, 0.2) is 11.4 Å². The third kappa shape index (κ3) is 8.77. The van der Waals surface area contributed by atoms with Crippen molar-refractivity contribution in [3.63, 3.8) is 0 Å². The third-order valence-corrected chi connectivity index (χ3v) is 5.96. The van der Waals surface area contributed by atoms with Crippen LogP contribution in [0.1, 0.15) is 58.5 Å². The van der Waals surface area contributed by atoms with Crippen molar-refractivity contribution in [2.45, 2.75) is 66.2 Å². The zero-order chi connectivity index (χ0) is 28.6. The molecule has 0 fully saturated rings. The highest BCUT2D eigenvalue weighted by atomic mass is 35.5. The number of benzene rings is 1.